The average Bonchev–Trinajstić information content (AvgIpc) is 3.87. The molecule has 2 saturated heterocycles. The van der Waals surface area contributed by atoms with Crippen molar-refractivity contribution in [1.29, 1.82) is 0 Å². The van der Waals surface area contributed by atoms with Crippen LogP contribution in [0.5, 0.6) is 0 Å². The first-order chi connectivity index (χ1) is 27.1. The molecule has 7 atom stereocenters. The third-order valence-electron chi connectivity index (χ3n) is 12.7. The van der Waals surface area contributed by atoms with E-state index in [9.17, 15) is 0 Å². The third kappa shape index (κ3) is 22.5. The molecule has 9 nitrogen and oxygen atoms in total. The lowest BCUT2D eigenvalue weighted by molar-refractivity contribution is -0.158. The second-order valence-electron chi connectivity index (χ2n) is 18.4. The Morgan fingerprint density at radius 2 is 0.911 bits per heavy atom. The minimum atomic E-state index is -1.69. The molecule has 0 aliphatic carbocycles. The van der Waals surface area contributed by atoms with Gasteiger partial charge in [0.2, 0.25) is 0 Å². The van der Waals surface area contributed by atoms with E-state index in [1.54, 1.807) is 21.3 Å². The molecule has 0 unspecified atom stereocenters. The lowest BCUT2D eigenvalue weighted by atomic mass is 10.00. The second kappa shape index (κ2) is 31.7. The Hall–Kier alpha value is -0.143. The van der Waals surface area contributed by atoms with Crippen LogP contribution in [0.4, 0.5) is 0 Å². The van der Waals surface area contributed by atoms with Crippen molar-refractivity contribution in [2.75, 3.05) is 48.3 Å². The molecule has 2 heterocycles. The Balaban J connectivity index is 1.63. The van der Waals surface area contributed by atoms with Crippen LogP contribution in [0.2, 0.25) is 18.1 Å². The quantitative estimate of drug-likeness (QED) is 0.0346. The summed E-state index contributed by atoms with van der Waals surface area (Å²) in [4.78, 5) is 0. The first-order valence-corrected chi connectivity index (χ1v) is 26.2. The molecule has 0 N–H and O–H groups in total. The summed E-state index contributed by atoms with van der Waals surface area (Å²) in [6, 6.07) is 0. The molecule has 0 aromatic rings. The largest absolute Gasteiger partial charge is 0.417 e. The molecule has 0 aromatic heterocycles. The molecule has 2 aliphatic rings. The molecule has 10 heteroatoms. The van der Waals surface area contributed by atoms with Gasteiger partial charge in [-0.2, -0.15) is 0 Å². The summed E-state index contributed by atoms with van der Waals surface area (Å²) in [6.07, 6.45) is 30.9. The fraction of sp³-hybridized carbons (Fsp3) is 1.00. The Kier molecular flexibility index (Phi) is 29.4. The van der Waals surface area contributed by atoms with Crippen molar-refractivity contribution < 1.29 is 42.3 Å². The van der Waals surface area contributed by atoms with Crippen LogP contribution in [0.1, 0.15) is 188 Å². The van der Waals surface area contributed by atoms with E-state index < -0.39 is 8.32 Å². The summed E-state index contributed by atoms with van der Waals surface area (Å²) in [7, 11) is 3.43. The number of hydrogen-bond acceptors (Lipinski definition) is 9. The van der Waals surface area contributed by atoms with E-state index >= 15 is 0 Å². The van der Waals surface area contributed by atoms with E-state index in [4.69, 9.17) is 42.3 Å². The number of ether oxygens (including phenoxy) is 8. The van der Waals surface area contributed by atoms with Gasteiger partial charge in [-0.3, -0.25) is 0 Å². The first-order valence-electron chi connectivity index (χ1n) is 23.3. The van der Waals surface area contributed by atoms with Gasteiger partial charge in [-0.25, -0.2) is 0 Å². The molecule has 0 bridgehead atoms. The predicted molar refractivity (Wildman–Crippen MR) is 232 cm³/mol. The SMILES string of the molecule is CCCCCCCCCC[C@@H](OCOC)[C@H]1CC[C@H]([C@H]2CC[C@H]([C@H](CCCCCCCCCC[C@H](CCCO[Si](C)(C)C(C)(C)C)OCOC)OCOC)O2)O1. The third-order valence-corrected chi connectivity index (χ3v) is 17.2. The topological polar surface area (TPSA) is 83.1 Å². The molecule has 0 saturated carbocycles. The summed E-state index contributed by atoms with van der Waals surface area (Å²) < 4.78 is 54.0. The number of rotatable bonds is 37. The Bertz CT molecular complexity index is 902. The highest BCUT2D eigenvalue weighted by atomic mass is 28.4. The van der Waals surface area contributed by atoms with Gasteiger partial charge in [-0.15, -0.1) is 0 Å². The van der Waals surface area contributed by atoms with Crippen LogP contribution in [0.3, 0.4) is 0 Å². The fourth-order valence-corrected chi connectivity index (χ4v) is 9.21. The minimum absolute atomic E-state index is 0.0730. The smallest absolute Gasteiger partial charge is 0.191 e. The van der Waals surface area contributed by atoms with E-state index in [2.05, 4.69) is 40.8 Å². The van der Waals surface area contributed by atoms with Gasteiger partial charge in [0.25, 0.3) is 0 Å². The van der Waals surface area contributed by atoms with E-state index in [1.807, 2.05) is 0 Å². The van der Waals surface area contributed by atoms with Crippen molar-refractivity contribution in [1.82, 2.24) is 0 Å². The summed E-state index contributed by atoms with van der Waals surface area (Å²) in [5, 5.41) is 0.252. The van der Waals surface area contributed by atoms with Gasteiger partial charge in [-0.1, -0.05) is 130 Å². The molecule has 2 fully saturated rings. The predicted octanol–water partition coefficient (Wildman–Crippen LogP) is 12.3. The first kappa shape index (κ1) is 52.0. The molecule has 334 valence electrons. The molecular formula is C46H92O9Si. The van der Waals surface area contributed by atoms with E-state index in [1.165, 1.54) is 96.3 Å². The van der Waals surface area contributed by atoms with Crippen LogP contribution in [0.15, 0.2) is 0 Å². The Morgan fingerprint density at radius 3 is 1.34 bits per heavy atom. The maximum absolute atomic E-state index is 6.70. The summed E-state index contributed by atoms with van der Waals surface area (Å²) >= 11 is 0. The maximum Gasteiger partial charge on any atom is 0.191 e. The Morgan fingerprint density at radius 1 is 0.518 bits per heavy atom. The molecule has 2 rings (SSSR count). The molecule has 0 amide bonds. The molecule has 56 heavy (non-hydrogen) atoms. The van der Waals surface area contributed by atoms with Crippen molar-refractivity contribution in [2.24, 2.45) is 0 Å². The zero-order valence-electron chi connectivity index (χ0n) is 38.2. The molecule has 0 aromatic carbocycles. The van der Waals surface area contributed by atoms with Crippen molar-refractivity contribution in [3.63, 3.8) is 0 Å². The number of hydrogen-bond donors (Lipinski definition) is 0. The van der Waals surface area contributed by atoms with Crippen LogP contribution in [-0.2, 0) is 42.3 Å². The van der Waals surface area contributed by atoms with Crippen LogP contribution < -0.4 is 0 Å². The lowest BCUT2D eigenvalue weighted by Crippen LogP contribution is -2.41. The summed E-state index contributed by atoms with van der Waals surface area (Å²) in [6.45, 7) is 15.7. The maximum atomic E-state index is 6.70. The van der Waals surface area contributed by atoms with E-state index in [0.29, 0.717) is 20.4 Å². The normalized spacial score (nSPS) is 22.2. The van der Waals surface area contributed by atoms with Gasteiger partial charge >= 0.3 is 0 Å². The van der Waals surface area contributed by atoms with Crippen molar-refractivity contribution >= 4 is 8.32 Å². The summed E-state index contributed by atoms with van der Waals surface area (Å²) in [5.74, 6) is 0. The van der Waals surface area contributed by atoms with Crippen molar-refractivity contribution in [3.05, 3.63) is 0 Å². The highest BCUT2D eigenvalue weighted by Gasteiger charge is 2.42. The summed E-state index contributed by atoms with van der Waals surface area (Å²) in [5.41, 5.74) is 0. The second-order valence-corrected chi connectivity index (χ2v) is 23.2. The van der Waals surface area contributed by atoms with Crippen molar-refractivity contribution in [2.45, 2.75) is 249 Å². The van der Waals surface area contributed by atoms with Crippen LogP contribution in [0, 0.1) is 0 Å². The van der Waals surface area contributed by atoms with Gasteiger partial charge in [-0.05, 0) is 75.9 Å². The van der Waals surface area contributed by atoms with Gasteiger partial charge < -0.3 is 42.3 Å². The fourth-order valence-electron chi connectivity index (χ4n) is 8.12. The van der Waals surface area contributed by atoms with E-state index in [-0.39, 0.29) is 47.8 Å². The van der Waals surface area contributed by atoms with Gasteiger partial charge in [0, 0.05) is 27.9 Å². The van der Waals surface area contributed by atoms with Crippen LogP contribution >= 0.6 is 0 Å². The highest BCUT2D eigenvalue weighted by Crippen LogP contribution is 2.37. The van der Waals surface area contributed by atoms with E-state index in [0.717, 1.165) is 70.8 Å². The Labute approximate surface area is 347 Å². The number of unbranched alkanes of at least 4 members (excludes halogenated alkanes) is 14. The van der Waals surface area contributed by atoms with Gasteiger partial charge in [0.15, 0.2) is 8.32 Å². The van der Waals surface area contributed by atoms with Crippen LogP contribution in [-0.4, -0.2) is 99.4 Å². The lowest BCUT2D eigenvalue weighted by Gasteiger charge is -2.36. The molecule has 0 spiro atoms. The number of methoxy groups -OCH3 is 3. The van der Waals surface area contributed by atoms with Crippen LogP contribution in [0.25, 0.3) is 0 Å². The molecule has 0 radical (unpaired) electrons. The monoisotopic (exact) mass is 817 g/mol. The highest BCUT2D eigenvalue weighted by molar-refractivity contribution is 6.74. The van der Waals surface area contributed by atoms with Gasteiger partial charge in [0.1, 0.15) is 20.4 Å². The zero-order valence-corrected chi connectivity index (χ0v) is 39.2. The average molecular weight is 817 g/mol. The molecular weight excluding hydrogens is 725 g/mol. The zero-order chi connectivity index (χ0) is 40.9. The standard InChI is InChI=1S/C46H92O9Si/c1-10-11-12-13-14-18-21-24-29-40(51-37-48-6)42-31-33-44(54-42)45-34-32-43(55-45)41(52-38-49-7)30-25-22-19-16-15-17-20-23-27-39(50-36-47-5)28-26-35-53-56(8,9)46(2,3)4/h39-45H,10-38H2,1-9H3/t39-,40-,41+,42-,43-,44-,45-/m1/s1. The van der Waals surface area contributed by atoms with Crippen molar-refractivity contribution in [3.8, 4) is 0 Å². The minimum Gasteiger partial charge on any atom is -0.417 e. The molecule has 2 aliphatic heterocycles. The van der Waals surface area contributed by atoms with Gasteiger partial charge in [0.05, 0.1) is 42.7 Å².